The Kier molecular flexibility index (Phi) is 4.53. The van der Waals surface area contributed by atoms with Gasteiger partial charge in [0.25, 0.3) is 5.91 Å². The average molecular weight is 264 g/mol. The number of thioether (sulfide) groups is 1. The number of nitrogens with one attached hydrogen (secondary N) is 1. The third-order valence-corrected chi connectivity index (χ3v) is 4.56. The van der Waals surface area contributed by atoms with Crippen molar-refractivity contribution in [3.63, 3.8) is 0 Å². The molecule has 1 fully saturated rings. The molecule has 4 heteroatoms. The molecule has 1 saturated carbocycles. The molecule has 2 atom stereocenters. The summed E-state index contributed by atoms with van der Waals surface area (Å²) in [6, 6.07) is 7.40. The predicted octanol–water partition coefficient (Wildman–Crippen LogP) is 2.67. The summed E-state index contributed by atoms with van der Waals surface area (Å²) < 4.78 is 0. The third kappa shape index (κ3) is 3.42. The Morgan fingerprint density at radius 3 is 2.72 bits per heavy atom. The maximum absolute atomic E-state index is 12.1. The van der Waals surface area contributed by atoms with Crippen LogP contribution in [0.5, 0.6) is 0 Å². The largest absolute Gasteiger partial charge is 0.399 e. The number of amides is 1. The molecule has 18 heavy (non-hydrogen) atoms. The molecule has 0 aromatic heterocycles. The molecule has 0 aliphatic heterocycles. The third-order valence-electron chi connectivity index (χ3n) is 3.47. The quantitative estimate of drug-likeness (QED) is 0.825. The summed E-state index contributed by atoms with van der Waals surface area (Å²) in [7, 11) is 0. The molecule has 1 aromatic rings. The fraction of sp³-hybridized carbons (Fsp3) is 0.500. The van der Waals surface area contributed by atoms with Crippen molar-refractivity contribution in [2.24, 2.45) is 0 Å². The van der Waals surface area contributed by atoms with Gasteiger partial charge >= 0.3 is 0 Å². The Balaban J connectivity index is 1.92. The van der Waals surface area contributed by atoms with Crippen LogP contribution in [0.1, 0.15) is 36.0 Å². The van der Waals surface area contributed by atoms with Crippen molar-refractivity contribution in [3.05, 3.63) is 29.8 Å². The van der Waals surface area contributed by atoms with Crippen molar-refractivity contribution in [2.75, 3.05) is 12.0 Å². The van der Waals surface area contributed by atoms with Crippen molar-refractivity contribution in [1.29, 1.82) is 0 Å². The topological polar surface area (TPSA) is 55.1 Å². The molecule has 1 aromatic carbocycles. The van der Waals surface area contributed by atoms with Gasteiger partial charge in [-0.3, -0.25) is 4.79 Å². The van der Waals surface area contributed by atoms with Gasteiger partial charge in [-0.1, -0.05) is 6.42 Å². The first-order valence-electron chi connectivity index (χ1n) is 6.38. The molecule has 0 heterocycles. The Morgan fingerprint density at radius 1 is 1.33 bits per heavy atom. The lowest BCUT2D eigenvalue weighted by atomic mass is 9.94. The second-order valence-electron chi connectivity index (χ2n) is 4.82. The molecule has 2 rings (SSSR count). The molecule has 0 bridgehead atoms. The number of hydrogen-bond donors (Lipinski definition) is 2. The van der Waals surface area contributed by atoms with Crippen molar-refractivity contribution in [3.8, 4) is 0 Å². The molecule has 1 aliphatic rings. The van der Waals surface area contributed by atoms with E-state index >= 15 is 0 Å². The van der Waals surface area contributed by atoms with E-state index in [1.165, 1.54) is 12.8 Å². The number of anilines is 1. The monoisotopic (exact) mass is 264 g/mol. The Bertz CT molecular complexity index is 405. The van der Waals surface area contributed by atoms with E-state index in [0.717, 1.165) is 12.8 Å². The van der Waals surface area contributed by atoms with Crippen LogP contribution in [-0.4, -0.2) is 23.5 Å². The van der Waals surface area contributed by atoms with E-state index in [1.807, 2.05) is 11.8 Å². The van der Waals surface area contributed by atoms with Crippen LogP contribution in [0.15, 0.2) is 24.3 Å². The molecule has 0 spiro atoms. The molecule has 1 amide bonds. The minimum absolute atomic E-state index is 0.0155. The minimum Gasteiger partial charge on any atom is -0.399 e. The van der Waals surface area contributed by atoms with Crippen LogP contribution in [-0.2, 0) is 0 Å². The van der Waals surface area contributed by atoms with E-state index < -0.39 is 0 Å². The van der Waals surface area contributed by atoms with Crippen LogP contribution in [0, 0.1) is 0 Å². The maximum atomic E-state index is 12.1. The van der Waals surface area contributed by atoms with Crippen molar-refractivity contribution in [2.45, 2.75) is 37.0 Å². The van der Waals surface area contributed by atoms with Gasteiger partial charge in [-0.25, -0.2) is 0 Å². The summed E-state index contributed by atoms with van der Waals surface area (Å²) in [4.78, 5) is 12.1. The molecule has 3 nitrogen and oxygen atoms in total. The first-order chi connectivity index (χ1) is 8.69. The molecule has 1 aliphatic carbocycles. The van der Waals surface area contributed by atoms with Gasteiger partial charge in [-0.15, -0.1) is 0 Å². The number of nitrogens with two attached hydrogens (primary N) is 1. The van der Waals surface area contributed by atoms with Crippen LogP contribution < -0.4 is 11.1 Å². The first kappa shape index (κ1) is 13.3. The molecular formula is C14H20N2OS. The number of hydrogen-bond acceptors (Lipinski definition) is 3. The van der Waals surface area contributed by atoms with Gasteiger partial charge in [0.2, 0.25) is 0 Å². The summed E-state index contributed by atoms with van der Waals surface area (Å²) in [5.74, 6) is 0.0155. The summed E-state index contributed by atoms with van der Waals surface area (Å²) >= 11 is 1.91. The van der Waals surface area contributed by atoms with E-state index in [4.69, 9.17) is 5.73 Å². The summed E-state index contributed by atoms with van der Waals surface area (Å²) in [5, 5.41) is 3.82. The highest BCUT2D eigenvalue weighted by Crippen LogP contribution is 2.27. The lowest BCUT2D eigenvalue weighted by molar-refractivity contribution is 0.0928. The summed E-state index contributed by atoms with van der Waals surface area (Å²) in [6.45, 7) is 0. The zero-order valence-corrected chi connectivity index (χ0v) is 11.5. The Morgan fingerprint density at radius 2 is 2.06 bits per heavy atom. The lowest BCUT2D eigenvalue weighted by Crippen LogP contribution is -2.39. The van der Waals surface area contributed by atoms with Gasteiger partial charge in [-0.05, 0) is 49.8 Å². The van der Waals surface area contributed by atoms with Crippen LogP contribution >= 0.6 is 11.8 Å². The zero-order valence-electron chi connectivity index (χ0n) is 10.7. The number of nitrogen functional groups attached to an aromatic ring is 1. The van der Waals surface area contributed by atoms with Gasteiger partial charge < -0.3 is 11.1 Å². The molecule has 2 unspecified atom stereocenters. The highest BCUT2D eigenvalue weighted by Gasteiger charge is 2.22. The molecule has 0 saturated heterocycles. The van der Waals surface area contributed by atoms with Gasteiger partial charge in [0, 0.05) is 22.5 Å². The van der Waals surface area contributed by atoms with Gasteiger partial charge in [0.15, 0.2) is 0 Å². The summed E-state index contributed by atoms with van der Waals surface area (Å²) in [6.07, 6.45) is 6.81. The van der Waals surface area contributed by atoms with Crippen LogP contribution in [0.2, 0.25) is 0 Å². The van der Waals surface area contributed by atoms with E-state index in [2.05, 4.69) is 11.6 Å². The molecule has 0 radical (unpaired) electrons. The highest BCUT2D eigenvalue weighted by molar-refractivity contribution is 7.99. The molecule has 98 valence electrons. The fourth-order valence-corrected chi connectivity index (χ4v) is 3.22. The number of rotatable bonds is 3. The second-order valence-corrected chi connectivity index (χ2v) is 5.95. The zero-order chi connectivity index (χ0) is 13.0. The smallest absolute Gasteiger partial charge is 0.251 e. The summed E-state index contributed by atoms with van der Waals surface area (Å²) in [5.41, 5.74) is 6.99. The first-order valence-corrected chi connectivity index (χ1v) is 7.67. The predicted molar refractivity (Wildman–Crippen MR) is 77.9 cm³/mol. The van der Waals surface area contributed by atoms with Gasteiger partial charge in [0.05, 0.1) is 0 Å². The number of carbonyl (C=O) groups is 1. The van der Waals surface area contributed by atoms with Crippen molar-refractivity contribution in [1.82, 2.24) is 5.32 Å². The standard InChI is InChI=1S/C14H20N2OS/c1-18-13-4-2-3-12(9-13)16-14(17)10-5-7-11(15)8-6-10/h5-8,12-13H,2-4,9,15H2,1H3,(H,16,17). The Hall–Kier alpha value is -1.16. The molecular weight excluding hydrogens is 244 g/mol. The van der Waals surface area contributed by atoms with Crippen molar-refractivity contribution >= 4 is 23.4 Å². The normalized spacial score (nSPS) is 23.6. The number of benzene rings is 1. The van der Waals surface area contributed by atoms with Gasteiger partial charge in [0.1, 0.15) is 0 Å². The van der Waals surface area contributed by atoms with Crippen LogP contribution in [0.3, 0.4) is 0 Å². The van der Waals surface area contributed by atoms with Crippen molar-refractivity contribution < 1.29 is 4.79 Å². The van der Waals surface area contributed by atoms with E-state index in [-0.39, 0.29) is 5.91 Å². The Labute approximate surface area is 113 Å². The van der Waals surface area contributed by atoms with Gasteiger partial charge in [-0.2, -0.15) is 11.8 Å². The van der Waals surface area contributed by atoms with Crippen LogP contribution in [0.4, 0.5) is 5.69 Å². The lowest BCUT2D eigenvalue weighted by Gasteiger charge is -2.28. The highest BCUT2D eigenvalue weighted by atomic mass is 32.2. The maximum Gasteiger partial charge on any atom is 0.251 e. The average Bonchev–Trinajstić information content (AvgIpc) is 2.39. The van der Waals surface area contributed by atoms with E-state index in [1.54, 1.807) is 24.3 Å². The van der Waals surface area contributed by atoms with E-state index in [9.17, 15) is 4.79 Å². The fourth-order valence-electron chi connectivity index (χ4n) is 2.39. The number of carbonyl (C=O) groups excluding carboxylic acids is 1. The molecule has 3 N–H and O–H groups in total. The minimum atomic E-state index is 0.0155. The van der Waals surface area contributed by atoms with Crippen LogP contribution in [0.25, 0.3) is 0 Å². The van der Waals surface area contributed by atoms with E-state index in [0.29, 0.717) is 22.5 Å². The second kappa shape index (κ2) is 6.14. The SMILES string of the molecule is CSC1CCCC(NC(=O)c2ccc(N)cc2)C1.